The fourth-order valence-corrected chi connectivity index (χ4v) is 6.52. The monoisotopic (exact) mass is 483 g/mol. The number of β-amino-alcohol motifs (C(OH)–C–C–N with tert-alkyl or cyclic N) is 1. The van der Waals surface area contributed by atoms with E-state index in [2.05, 4.69) is 41.9 Å². The minimum Gasteiger partial charge on any atom is -0.388 e. The van der Waals surface area contributed by atoms with Crippen LogP contribution in [-0.4, -0.2) is 59.2 Å². The lowest BCUT2D eigenvalue weighted by Gasteiger charge is -2.40. The zero-order valence-corrected chi connectivity index (χ0v) is 21.1. The number of nitriles is 1. The minimum atomic E-state index is -0.618. The average molecular weight is 484 g/mol. The Morgan fingerprint density at radius 2 is 1.89 bits per heavy atom. The molecule has 0 unspecified atom stereocenters. The second-order valence-corrected chi connectivity index (χ2v) is 11.4. The molecular formula is C30H33N3O3. The van der Waals surface area contributed by atoms with E-state index in [0.717, 1.165) is 65.8 Å². The molecular weight excluding hydrogens is 450 g/mol. The summed E-state index contributed by atoms with van der Waals surface area (Å²) < 4.78 is 5.43. The molecule has 0 bridgehead atoms. The predicted molar refractivity (Wildman–Crippen MR) is 138 cm³/mol. The van der Waals surface area contributed by atoms with Gasteiger partial charge < -0.3 is 19.7 Å². The molecule has 0 amide bonds. The fourth-order valence-electron chi connectivity index (χ4n) is 6.52. The first-order chi connectivity index (χ1) is 17.3. The van der Waals surface area contributed by atoms with E-state index >= 15 is 0 Å². The fraction of sp³-hybridized carbons (Fsp3) is 0.467. The molecule has 6 nitrogen and oxygen atoms in total. The number of carbonyl (C=O) groups excluding carboxylic acids is 1. The summed E-state index contributed by atoms with van der Waals surface area (Å²) in [7, 11) is 0. The van der Waals surface area contributed by atoms with Gasteiger partial charge >= 0.3 is 0 Å². The number of fused-ring (bicyclic) bond motifs is 4. The van der Waals surface area contributed by atoms with Crippen LogP contribution in [0.1, 0.15) is 83.8 Å². The van der Waals surface area contributed by atoms with E-state index in [4.69, 9.17) is 4.74 Å². The quantitative estimate of drug-likeness (QED) is 0.567. The Bertz CT molecular complexity index is 1380. The minimum absolute atomic E-state index is 0.0568. The van der Waals surface area contributed by atoms with Crippen molar-refractivity contribution in [3.63, 3.8) is 0 Å². The maximum Gasteiger partial charge on any atom is 0.195 e. The van der Waals surface area contributed by atoms with Crippen molar-refractivity contribution in [1.29, 1.82) is 5.26 Å². The Morgan fingerprint density at radius 3 is 2.61 bits per heavy atom. The summed E-state index contributed by atoms with van der Waals surface area (Å²) in [5, 5.41) is 21.1. The molecule has 2 saturated heterocycles. The summed E-state index contributed by atoms with van der Waals surface area (Å²) >= 11 is 0. The number of ketones is 1. The Balaban J connectivity index is 1.26. The van der Waals surface area contributed by atoms with Crippen LogP contribution in [0.2, 0.25) is 0 Å². The standard InChI is InChI=1S/C30H33N3O3/c1-29(2)24-16-21(20-7-11-33(12-8-20)18-30(35)9-13-36-14-10-30)4-6-22(24)27(34)26-23-5-3-19(17-31)15-25(23)32-28(26)29/h3-6,15-16,20,32,35H,7-14,18H2,1-2H3. The molecule has 3 aliphatic rings. The number of nitrogens with one attached hydrogen (secondary N) is 1. The van der Waals surface area contributed by atoms with Crippen molar-refractivity contribution in [3.05, 3.63) is 69.9 Å². The number of aromatic nitrogens is 1. The second-order valence-electron chi connectivity index (χ2n) is 11.4. The molecule has 2 aliphatic heterocycles. The Labute approximate surface area is 211 Å². The lowest BCUT2D eigenvalue weighted by atomic mass is 9.70. The molecule has 2 aromatic carbocycles. The van der Waals surface area contributed by atoms with Crippen molar-refractivity contribution in [1.82, 2.24) is 9.88 Å². The molecule has 0 saturated carbocycles. The lowest BCUT2D eigenvalue weighted by Crippen LogP contribution is -2.48. The number of nitrogens with zero attached hydrogens (tertiary/aromatic N) is 2. The zero-order chi connectivity index (χ0) is 25.1. The van der Waals surface area contributed by atoms with Crippen LogP contribution in [0, 0.1) is 11.3 Å². The Morgan fingerprint density at radius 1 is 1.14 bits per heavy atom. The van der Waals surface area contributed by atoms with Crippen LogP contribution < -0.4 is 0 Å². The van der Waals surface area contributed by atoms with Crippen LogP contribution in [0.3, 0.4) is 0 Å². The molecule has 0 atom stereocenters. The molecule has 6 rings (SSSR count). The van der Waals surface area contributed by atoms with Gasteiger partial charge in [0.15, 0.2) is 5.78 Å². The molecule has 36 heavy (non-hydrogen) atoms. The number of aromatic amines is 1. The van der Waals surface area contributed by atoms with Crippen LogP contribution in [-0.2, 0) is 10.2 Å². The number of carbonyl (C=O) groups is 1. The van der Waals surface area contributed by atoms with Crippen molar-refractivity contribution in [2.45, 2.75) is 56.5 Å². The zero-order valence-electron chi connectivity index (χ0n) is 21.1. The molecule has 3 heterocycles. The first kappa shape index (κ1) is 23.4. The third-order valence-electron chi connectivity index (χ3n) is 8.74. The van der Waals surface area contributed by atoms with Crippen LogP contribution in [0.5, 0.6) is 0 Å². The van der Waals surface area contributed by atoms with Gasteiger partial charge in [-0.2, -0.15) is 5.26 Å². The van der Waals surface area contributed by atoms with Crippen LogP contribution in [0.4, 0.5) is 0 Å². The summed E-state index contributed by atoms with van der Waals surface area (Å²) in [5.41, 5.74) is 5.27. The Hall–Kier alpha value is -2.98. The van der Waals surface area contributed by atoms with Gasteiger partial charge in [-0.15, -0.1) is 0 Å². The van der Waals surface area contributed by atoms with E-state index in [1.54, 1.807) is 6.07 Å². The van der Waals surface area contributed by atoms with Crippen LogP contribution >= 0.6 is 0 Å². The Kier molecular flexibility index (Phi) is 5.56. The third-order valence-corrected chi connectivity index (χ3v) is 8.74. The maximum absolute atomic E-state index is 13.7. The molecule has 1 aliphatic carbocycles. The summed E-state index contributed by atoms with van der Waals surface area (Å²) in [6.07, 6.45) is 3.53. The van der Waals surface area contributed by atoms with Crippen molar-refractivity contribution in [2.75, 3.05) is 32.8 Å². The first-order valence-corrected chi connectivity index (χ1v) is 13.1. The van der Waals surface area contributed by atoms with Crippen molar-refractivity contribution >= 4 is 16.7 Å². The highest BCUT2D eigenvalue weighted by molar-refractivity contribution is 6.20. The van der Waals surface area contributed by atoms with E-state index in [-0.39, 0.29) is 11.2 Å². The molecule has 0 radical (unpaired) electrons. The van der Waals surface area contributed by atoms with Gasteiger partial charge in [0.25, 0.3) is 0 Å². The molecule has 2 fully saturated rings. The predicted octanol–water partition coefficient (Wildman–Crippen LogP) is 4.63. The number of benzene rings is 2. The van der Waals surface area contributed by atoms with Gasteiger partial charge in [0, 0.05) is 60.2 Å². The van der Waals surface area contributed by atoms with Crippen LogP contribution in [0.15, 0.2) is 36.4 Å². The van der Waals surface area contributed by atoms with E-state index in [1.807, 2.05) is 18.2 Å². The number of hydrogen-bond donors (Lipinski definition) is 2. The average Bonchev–Trinajstić information content (AvgIpc) is 3.28. The SMILES string of the molecule is CC1(C)c2cc(C3CCN(CC4(O)CCOCC4)CC3)ccc2C(=O)c2c1[nH]c1cc(C#N)ccc21. The highest BCUT2D eigenvalue weighted by Gasteiger charge is 2.40. The highest BCUT2D eigenvalue weighted by Crippen LogP contribution is 2.45. The largest absolute Gasteiger partial charge is 0.388 e. The van der Waals surface area contributed by atoms with E-state index in [0.29, 0.717) is 37.5 Å². The van der Waals surface area contributed by atoms with Gasteiger partial charge in [-0.1, -0.05) is 38.1 Å². The van der Waals surface area contributed by atoms with E-state index in [1.165, 1.54) is 5.56 Å². The summed E-state index contributed by atoms with van der Waals surface area (Å²) in [6, 6.07) is 14.1. The normalized spacial score (nSPS) is 21.7. The number of likely N-dealkylation sites (tertiary alicyclic amines) is 1. The molecule has 186 valence electrons. The summed E-state index contributed by atoms with van der Waals surface area (Å²) in [5.74, 6) is 0.505. The summed E-state index contributed by atoms with van der Waals surface area (Å²) in [4.78, 5) is 19.5. The van der Waals surface area contributed by atoms with Gasteiger partial charge in [-0.3, -0.25) is 4.79 Å². The summed E-state index contributed by atoms with van der Waals surface area (Å²) in [6.45, 7) is 8.33. The van der Waals surface area contributed by atoms with Gasteiger partial charge in [0.2, 0.25) is 0 Å². The first-order valence-electron chi connectivity index (χ1n) is 13.1. The number of H-pyrrole nitrogens is 1. The number of piperidine rings is 1. The van der Waals surface area contributed by atoms with E-state index < -0.39 is 5.60 Å². The molecule has 2 N–H and O–H groups in total. The van der Waals surface area contributed by atoms with Crippen molar-refractivity contribution < 1.29 is 14.6 Å². The highest BCUT2D eigenvalue weighted by atomic mass is 16.5. The number of rotatable bonds is 3. The molecule has 1 aromatic heterocycles. The lowest BCUT2D eigenvalue weighted by molar-refractivity contribution is -0.0820. The molecule has 0 spiro atoms. The third kappa shape index (κ3) is 3.78. The van der Waals surface area contributed by atoms with Gasteiger partial charge in [-0.05, 0) is 55.1 Å². The molecule has 3 aromatic rings. The van der Waals surface area contributed by atoms with Crippen molar-refractivity contribution in [3.8, 4) is 6.07 Å². The maximum atomic E-state index is 13.7. The number of hydrogen-bond acceptors (Lipinski definition) is 5. The smallest absolute Gasteiger partial charge is 0.195 e. The van der Waals surface area contributed by atoms with Crippen LogP contribution in [0.25, 0.3) is 10.9 Å². The number of ether oxygens (including phenoxy) is 1. The van der Waals surface area contributed by atoms with E-state index in [9.17, 15) is 15.2 Å². The molecule has 6 heteroatoms. The second kappa shape index (κ2) is 8.55. The topological polar surface area (TPSA) is 89.3 Å². The van der Waals surface area contributed by atoms with Gasteiger partial charge in [0.05, 0.1) is 22.8 Å². The van der Waals surface area contributed by atoms with Gasteiger partial charge in [-0.25, -0.2) is 0 Å². The van der Waals surface area contributed by atoms with Crippen molar-refractivity contribution in [2.24, 2.45) is 0 Å². The van der Waals surface area contributed by atoms with Gasteiger partial charge in [0.1, 0.15) is 0 Å². The number of aliphatic hydroxyl groups is 1.